The Balaban J connectivity index is 1.14. The van der Waals surface area contributed by atoms with Crippen molar-refractivity contribution in [3.8, 4) is 28.6 Å². The van der Waals surface area contributed by atoms with Crippen molar-refractivity contribution < 1.29 is 28.5 Å². The summed E-state index contributed by atoms with van der Waals surface area (Å²) in [4.78, 5) is 38.8. The molecule has 1 atom stereocenters. The summed E-state index contributed by atoms with van der Waals surface area (Å²) in [6.45, 7) is 2.22. The van der Waals surface area contributed by atoms with Crippen molar-refractivity contribution in [1.29, 1.82) is 0 Å². The minimum absolute atomic E-state index is 0.0578. The summed E-state index contributed by atoms with van der Waals surface area (Å²) in [7, 11) is 1.55. The van der Waals surface area contributed by atoms with E-state index in [0.717, 1.165) is 11.3 Å². The molecule has 204 valence electrons. The van der Waals surface area contributed by atoms with E-state index >= 15 is 0 Å². The second kappa shape index (κ2) is 11.9. The van der Waals surface area contributed by atoms with Gasteiger partial charge < -0.3 is 35.3 Å². The molecule has 13 heteroatoms. The number of amides is 2. The lowest BCUT2D eigenvalue weighted by Crippen LogP contribution is -2.29. The van der Waals surface area contributed by atoms with Crippen LogP contribution in [0.2, 0.25) is 0 Å². The zero-order chi connectivity index (χ0) is 27.2. The lowest BCUT2D eigenvalue weighted by molar-refractivity contribution is -0.118. The van der Waals surface area contributed by atoms with Crippen LogP contribution >= 0.6 is 0 Å². The fourth-order valence-corrected chi connectivity index (χ4v) is 4.17. The molecule has 3 aromatic heterocycles. The van der Waals surface area contributed by atoms with E-state index in [-0.39, 0.29) is 18.6 Å². The van der Waals surface area contributed by atoms with Gasteiger partial charge in [0.15, 0.2) is 18.2 Å². The molecule has 0 saturated carbocycles. The Hall–Kier alpha value is -4.49. The van der Waals surface area contributed by atoms with Gasteiger partial charge in [-0.05, 0) is 37.2 Å². The van der Waals surface area contributed by atoms with Crippen LogP contribution in [0.15, 0.2) is 42.6 Å². The predicted octanol–water partition coefficient (Wildman–Crippen LogP) is 1.72. The molecule has 0 unspecified atom stereocenters. The molecule has 13 nitrogen and oxygen atoms in total. The molecule has 2 aliphatic rings. The van der Waals surface area contributed by atoms with Crippen LogP contribution in [-0.4, -0.2) is 73.0 Å². The molecule has 0 aliphatic carbocycles. The highest BCUT2D eigenvalue weighted by molar-refractivity contribution is 5.95. The van der Waals surface area contributed by atoms with Gasteiger partial charge in [-0.3, -0.25) is 14.7 Å². The van der Waals surface area contributed by atoms with Crippen LogP contribution in [0.5, 0.6) is 17.4 Å². The van der Waals surface area contributed by atoms with Crippen molar-refractivity contribution in [1.82, 2.24) is 20.3 Å². The molecule has 2 amide bonds. The van der Waals surface area contributed by atoms with E-state index in [2.05, 4.69) is 25.6 Å². The topological polar surface area (TPSA) is 163 Å². The van der Waals surface area contributed by atoms with E-state index in [1.807, 2.05) is 18.2 Å². The summed E-state index contributed by atoms with van der Waals surface area (Å²) < 4.78 is 21.8. The third-order valence-corrected chi connectivity index (χ3v) is 6.04. The fraction of sp³-hybridized carbons (Fsp3) is 0.346. The van der Waals surface area contributed by atoms with Gasteiger partial charge in [0.05, 0.1) is 25.0 Å². The van der Waals surface area contributed by atoms with Crippen LogP contribution in [0.4, 0.5) is 16.4 Å². The van der Waals surface area contributed by atoms with E-state index < -0.39 is 6.09 Å². The molecule has 1 fully saturated rings. The molecule has 39 heavy (non-hydrogen) atoms. The highest BCUT2D eigenvalue weighted by Crippen LogP contribution is 2.30. The molecule has 0 radical (unpaired) electrons. The first-order chi connectivity index (χ1) is 19.0. The number of carbonyl (C=O) groups excluding carboxylic acids is 2. The lowest BCUT2D eigenvalue weighted by Gasteiger charge is -2.19. The lowest BCUT2D eigenvalue weighted by atomic mass is 10.1. The minimum atomic E-state index is -0.481. The molecule has 5 heterocycles. The molecule has 5 rings (SSSR count). The smallest absolute Gasteiger partial charge is 0.415 e. The third kappa shape index (κ3) is 6.33. The normalized spacial score (nSPS) is 16.3. The Morgan fingerprint density at radius 2 is 2.10 bits per heavy atom. The van der Waals surface area contributed by atoms with Crippen molar-refractivity contribution in [2.75, 3.05) is 50.2 Å². The number of hydrogen-bond acceptors (Lipinski definition) is 11. The molecule has 4 N–H and O–H groups in total. The minimum Gasteiger partial charge on any atom is -0.492 e. The Bertz CT molecular complexity index is 1350. The molecular weight excluding hydrogens is 506 g/mol. The van der Waals surface area contributed by atoms with Crippen LogP contribution in [-0.2, 0) is 16.1 Å². The molecule has 0 bridgehead atoms. The van der Waals surface area contributed by atoms with E-state index in [1.165, 1.54) is 4.90 Å². The highest BCUT2D eigenvalue weighted by atomic mass is 16.6. The predicted molar refractivity (Wildman–Crippen MR) is 141 cm³/mol. The summed E-state index contributed by atoms with van der Waals surface area (Å²) in [5.74, 6) is 1.93. The van der Waals surface area contributed by atoms with E-state index in [9.17, 15) is 9.59 Å². The molecule has 2 aliphatic heterocycles. The van der Waals surface area contributed by atoms with Crippen molar-refractivity contribution in [3.63, 3.8) is 0 Å². The number of nitrogens with one attached hydrogen (secondary N) is 2. The zero-order valence-corrected chi connectivity index (χ0v) is 21.4. The summed E-state index contributed by atoms with van der Waals surface area (Å²) in [6, 6.07) is 10.7. The monoisotopic (exact) mass is 535 g/mol. The molecule has 0 aromatic carbocycles. The number of methoxy groups -OCH3 is 1. The van der Waals surface area contributed by atoms with Crippen molar-refractivity contribution >= 4 is 23.6 Å². The molecule has 3 aromatic rings. The number of nitrogens with zero attached hydrogens (tertiary/aromatic N) is 4. The van der Waals surface area contributed by atoms with Gasteiger partial charge in [0.25, 0.3) is 5.91 Å². The van der Waals surface area contributed by atoms with Crippen LogP contribution in [0.3, 0.4) is 0 Å². The third-order valence-electron chi connectivity index (χ3n) is 6.04. The largest absolute Gasteiger partial charge is 0.492 e. The number of aromatic nitrogens is 3. The van der Waals surface area contributed by atoms with Gasteiger partial charge in [-0.1, -0.05) is 0 Å². The van der Waals surface area contributed by atoms with Crippen molar-refractivity contribution in [3.05, 3.63) is 48.3 Å². The first kappa shape index (κ1) is 26.1. The number of carbonyl (C=O) groups is 2. The van der Waals surface area contributed by atoms with Gasteiger partial charge in [-0.25, -0.2) is 14.8 Å². The number of hydrogen-bond donors (Lipinski definition) is 3. The number of fused-ring (bicyclic) bond motifs is 1. The first-order valence-corrected chi connectivity index (χ1v) is 12.5. The van der Waals surface area contributed by atoms with Gasteiger partial charge in [0, 0.05) is 37.0 Å². The fourth-order valence-electron chi connectivity index (χ4n) is 4.17. The Morgan fingerprint density at radius 3 is 2.95 bits per heavy atom. The Morgan fingerprint density at radius 1 is 1.21 bits per heavy atom. The second-order valence-corrected chi connectivity index (χ2v) is 8.84. The Labute approximate surface area is 224 Å². The van der Waals surface area contributed by atoms with Crippen LogP contribution < -0.4 is 35.5 Å². The van der Waals surface area contributed by atoms with Crippen LogP contribution in [0, 0.1) is 0 Å². The van der Waals surface area contributed by atoms with Crippen LogP contribution in [0.25, 0.3) is 11.3 Å². The van der Waals surface area contributed by atoms with Crippen molar-refractivity contribution in [2.24, 2.45) is 5.73 Å². The quantitative estimate of drug-likeness (QED) is 0.306. The number of ether oxygens (including phenoxy) is 4. The van der Waals surface area contributed by atoms with Gasteiger partial charge in [0.1, 0.15) is 24.3 Å². The van der Waals surface area contributed by atoms with Gasteiger partial charge in [-0.2, -0.15) is 0 Å². The highest BCUT2D eigenvalue weighted by Gasteiger charge is 2.33. The van der Waals surface area contributed by atoms with Crippen molar-refractivity contribution in [2.45, 2.75) is 19.1 Å². The van der Waals surface area contributed by atoms with E-state index in [4.69, 9.17) is 24.7 Å². The maximum absolute atomic E-state index is 12.5. The molecule has 0 spiro atoms. The molecular formula is C26H29N7O6. The number of rotatable bonds is 11. The maximum Gasteiger partial charge on any atom is 0.415 e. The maximum atomic E-state index is 12.5. The standard InChI is InChI=1S/C26H29N7O6/c1-36-24-12-19(37-9-6-27)11-20(30-24)16-4-8-29-17(10-16)13-28-7-5-18-14-33(26(35)39-18)22-3-2-21-25(31-22)32-23(34)15-38-21/h2-4,8,10-12,18,28H,5-7,9,13-15,27H2,1H3,(H,31,32,34)/t18-/m0/s1. The Kier molecular flexibility index (Phi) is 7.99. The van der Waals surface area contributed by atoms with Gasteiger partial charge in [-0.15, -0.1) is 0 Å². The number of cyclic esters (lactones) is 1. The second-order valence-electron chi connectivity index (χ2n) is 8.84. The van der Waals surface area contributed by atoms with Gasteiger partial charge >= 0.3 is 6.09 Å². The van der Waals surface area contributed by atoms with Crippen LogP contribution in [0.1, 0.15) is 12.1 Å². The average Bonchev–Trinajstić information content (AvgIpc) is 3.33. The summed E-state index contributed by atoms with van der Waals surface area (Å²) >= 11 is 0. The molecule has 1 saturated heterocycles. The zero-order valence-electron chi connectivity index (χ0n) is 21.4. The first-order valence-electron chi connectivity index (χ1n) is 12.5. The summed E-state index contributed by atoms with van der Waals surface area (Å²) in [5.41, 5.74) is 7.95. The number of anilines is 2. The summed E-state index contributed by atoms with van der Waals surface area (Å²) in [5, 5.41) is 6.00. The average molecular weight is 536 g/mol. The summed E-state index contributed by atoms with van der Waals surface area (Å²) in [6.07, 6.45) is 1.54. The van der Waals surface area contributed by atoms with E-state index in [0.29, 0.717) is 73.9 Å². The SMILES string of the molecule is COc1cc(OCCN)cc(-c2ccnc(CNCC[C@H]3CN(c4ccc5c(n4)NC(=O)CO5)C(=O)O3)c2)n1. The van der Waals surface area contributed by atoms with E-state index in [1.54, 1.807) is 31.5 Å². The van der Waals surface area contributed by atoms with Gasteiger partial charge in [0.2, 0.25) is 5.88 Å². The number of nitrogens with two attached hydrogens (primary N) is 1. The number of pyridine rings is 3.